The largest absolute Gasteiger partial charge is 0.326 e. The zero-order valence-corrected chi connectivity index (χ0v) is 15.7. The van der Waals surface area contributed by atoms with Crippen LogP contribution in [0.25, 0.3) is 0 Å². The van der Waals surface area contributed by atoms with Crippen molar-refractivity contribution in [2.75, 3.05) is 5.32 Å². The molecular weight excluding hydrogens is 382 g/mol. The van der Waals surface area contributed by atoms with E-state index in [2.05, 4.69) is 10.6 Å². The fourth-order valence-corrected chi connectivity index (χ4v) is 3.61. The minimum atomic E-state index is -0.486. The second-order valence-corrected chi connectivity index (χ2v) is 7.52. The fraction of sp³-hybridized carbons (Fsp3) is 0.211. The van der Waals surface area contributed by atoms with Gasteiger partial charge in [0, 0.05) is 17.8 Å². The van der Waals surface area contributed by atoms with Gasteiger partial charge in [0.2, 0.25) is 11.8 Å². The predicted octanol–water partition coefficient (Wildman–Crippen LogP) is 3.23. The van der Waals surface area contributed by atoms with E-state index in [1.807, 2.05) is 0 Å². The van der Waals surface area contributed by atoms with Gasteiger partial charge in [-0.25, -0.2) is 0 Å². The first-order valence-corrected chi connectivity index (χ1v) is 9.37. The van der Waals surface area contributed by atoms with Crippen molar-refractivity contribution < 1.29 is 19.3 Å². The molecule has 0 aromatic heterocycles. The second kappa shape index (κ2) is 8.22. The highest BCUT2D eigenvalue weighted by Crippen LogP contribution is 2.24. The summed E-state index contributed by atoms with van der Waals surface area (Å²) in [7, 11) is 0. The third-order valence-electron chi connectivity index (χ3n) is 4.41. The van der Waals surface area contributed by atoms with Crippen molar-refractivity contribution in [3.63, 3.8) is 0 Å². The van der Waals surface area contributed by atoms with E-state index in [1.165, 1.54) is 12.1 Å². The highest BCUT2D eigenvalue weighted by atomic mass is 32.2. The first-order valence-electron chi connectivity index (χ1n) is 8.49. The van der Waals surface area contributed by atoms with Crippen LogP contribution < -0.4 is 10.6 Å². The molecule has 1 saturated heterocycles. The van der Waals surface area contributed by atoms with Crippen molar-refractivity contribution in [3.8, 4) is 0 Å². The van der Waals surface area contributed by atoms with Gasteiger partial charge < -0.3 is 5.32 Å². The van der Waals surface area contributed by atoms with E-state index in [-0.39, 0.29) is 22.7 Å². The summed E-state index contributed by atoms with van der Waals surface area (Å²) in [5, 5.41) is 15.0. The number of carbonyl (C=O) groups excluding carboxylic acids is 3. The van der Waals surface area contributed by atoms with Crippen LogP contribution in [0, 0.1) is 10.1 Å². The van der Waals surface area contributed by atoms with Crippen LogP contribution in [0.1, 0.15) is 24.0 Å². The molecule has 28 heavy (non-hydrogen) atoms. The lowest BCUT2D eigenvalue weighted by atomic mass is 10.00. The number of imide groups is 1. The lowest BCUT2D eigenvalue weighted by molar-refractivity contribution is -0.384. The van der Waals surface area contributed by atoms with Gasteiger partial charge in [0.25, 0.3) is 10.9 Å². The van der Waals surface area contributed by atoms with E-state index >= 15 is 0 Å². The number of nitro groups is 1. The zero-order valence-electron chi connectivity index (χ0n) is 14.9. The molecule has 0 spiro atoms. The molecule has 0 radical (unpaired) electrons. The van der Waals surface area contributed by atoms with Gasteiger partial charge in [0.1, 0.15) is 0 Å². The van der Waals surface area contributed by atoms with Crippen molar-refractivity contribution in [2.45, 2.75) is 24.5 Å². The molecule has 2 N–H and O–H groups in total. The lowest BCUT2D eigenvalue weighted by Gasteiger charge is -2.13. The summed E-state index contributed by atoms with van der Waals surface area (Å²) in [4.78, 5) is 45.5. The number of hydrogen-bond acceptors (Lipinski definition) is 6. The molecule has 2 aromatic rings. The summed E-state index contributed by atoms with van der Waals surface area (Å²) in [6.45, 7) is 1.72. The third kappa shape index (κ3) is 4.55. The SMILES string of the molecule is CC(C(=O)Nc1ccc(CC2SC(=O)NC2=O)cc1)c1ccc([N+](=O)[O-])cc1. The molecule has 3 amide bonds. The van der Waals surface area contributed by atoms with Gasteiger partial charge in [-0.3, -0.25) is 29.8 Å². The molecule has 0 bridgehead atoms. The normalized spacial score (nSPS) is 17.1. The van der Waals surface area contributed by atoms with Gasteiger partial charge in [-0.05, 0) is 36.6 Å². The Morgan fingerprint density at radius 2 is 1.82 bits per heavy atom. The number of rotatable bonds is 6. The van der Waals surface area contributed by atoms with Gasteiger partial charge >= 0.3 is 0 Å². The van der Waals surface area contributed by atoms with E-state index in [0.29, 0.717) is 17.7 Å². The number of nitro benzene ring substituents is 1. The van der Waals surface area contributed by atoms with Gasteiger partial charge in [0.05, 0.1) is 16.1 Å². The number of non-ortho nitro benzene ring substituents is 1. The number of nitrogens with one attached hydrogen (secondary N) is 2. The zero-order chi connectivity index (χ0) is 20.3. The first kappa shape index (κ1) is 19.6. The fourth-order valence-electron chi connectivity index (χ4n) is 2.75. The van der Waals surface area contributed by atoms with Crippen LogP contribution >= 0.6 is 11.8 Å². The molecule has 1 aliphatic heterocycles. The van der Waals surface area contributed by atoms with Crippen LogP contribution in [0.4, 0.5) is 16.2 Å². The number of nitrogens with zero attached hydrogens (tertiary/aromatic N) is 1. The number of hydrogen-bond donors (Lipinski definition) is 2. The molecule has 3 rings (SSSR count). The van der Waals surface area contributed by atoms with Gasteiger partial charge in [0.15, 0.2) is 0 Å². The Labute approximate surface area is 164 Å². The average molecular weight is 399 g/mol. The Morgan fingerprint density at radius 3 is 2.36 bits per heavy atom. The van der Waals surface area contributed by atoms with Crippen LogP contribution in [0.2, 0.25) is 0 Å². The molecule has 1 heterocycles. The lowest BCUT2D eigenvalue weighted by Crippen LogP contribution is -2.25. The quantitative estimate of drug-likeness (QED) is 0.569. The monoisotopic (exact) mass is 399 g/mol. The van der Waals surface area contributed by atoms with Crippen LogP contribution in [-0.2, 0) is 16.0 Å². The predicted molar refractivity (Wildman–Crippen MR) is 105 cm³/mol. The molecule has 9 heteroatoms. The number of thioether (sulfide) groups is 1. The van der Waals surface area contributed by atoms with Crippen LogP contribution in [0.5, 0.6) is 0 Å². The summed E-state index contributed by atoms with van der Waals surface area (Å²) in [5.74, 6) is -1.01. The molecule has 8 nitrogen and oxygen atoms in total. The number of benzene rings is 2. The van der Waals surface area contributed by atoms with E-state index in [1.54, 1.807) is 43.3 Å². The summed E-state index contributed by atoms with van der Waals surface area (Å²) in [5.41, 5.74) is 2.13. The summed E-state index contributed by atoms with van der Waals surface area (Å²) in [6.07, 6.45) is 0.426. The number of anilines is 1. The maximum absolute atomic E-state index is 12.4. The van der Waals surface area contributed by atoms with Gasteiger partial charge in [-0.15, -0.1) is 0 Å². The molecule has 144 valence electrons. The van der Waals surface area contributed by atoms with Crippen LogP contribution in [-0.4, -0.2) is 27.2 Å². The van der Waals surface area contributed by atoms with Crippen molar-refractivity contribution in [1.29, 1.82) is 0 Å². The Hall–Kier alpha value is -3.20. The molecule has 0 saturated carbocycles. The molecule has 1 aliphatic rings. The minimum absolute atomic E-state index is 0.0252. The Bertz CT molecular complexity index is 928. The summed E-state index contributed by atoms with van der Waals surface area (Å²) >= 11 is 0.976. The van der Waals surface area contributed by atoms with Crippen molar-refractivity contribution >= 4 is 40.2 Å². The highest BCUT2D eigenvalue weighted by Gasteiger charge is 2.31. The number of amides is 3. The van der Waals surface area contributed by atoms with E-state index < -0.39 is 16.1 Å². The van der Waals surface area contributed by atoms with Crippen molar-refractivity contribution in [3.05, 3.63) is 69.8 Å². The molecule has 2 atom stereocenters. The van der Waals surface area contributed by atoms with E-state index in [4.69, 9.17) is 0 Å². The van der Waals surface area contributed by atoms with Crippen LogP contribution in [0.15, 0.2) is 48.5 Å². The average Bonchev–Trinajstić information content (AvgIpc) is 2.99. The number of carbonyl (C=O) groups is 3. The maximum Gasteiger partial charge on any atom is 0.286 e. The van der Waals surface area contributed by atoms with Gasteiger partial charge in [-0.1, -0.05) is 36.0 Å². The maximum atomic E-state index is 12.4. The highest BCUT2D eigenvalue weighted by molar-refractivity contribution is 8.15. The third-order valence-corrected chi connectivity index (χ3v) is 5.39. The Kier molecular flexibility index (Phi) is 5.74. The van der Waals surface area contributed by atoms with Crippen molar-refractivity contribution in [2.24, 2.45) is 0 Å². The summed E-state index contributed by atoms with van der Waals surface area (Å²) in [6, 6.07) is 12.9. The molecular formula is C19H17N3O5S. The first-order chi connectivity index (χ1) is 13.3. The van der Waals surface area contributed by atoms with Crippen molar-refractivity contribution in [1.82, 2.24) is 5.32 Å². The summed E-state index contributed by atoms with van der Waals surface area (Å²) < 4.78 is 0. The molecule has 2 unspecified atom stereocenters. The van der Waals surface area contributed by atoms with Gasteiger partial charge in [-0.2, -0.15) is 0 Å². The smallest absolute Gasteiger partial charge is 0.286 e. The Morgan fingerprint density at radius 1 is 1.18 bits per heavy atom. The minimum Gasteiger partial charge on any atom is -0.326 e. The standard InChI is InChI=1S/C19H17N3O5S/c1-11(13-4-8-15(9-5-13)22(26)27)17(23)20-14-6-2-12(3-7-14)10-16-18(24)21-19(25)28-16/h2-9,11,16H,10H2,1H3,(H,20,23)(H,21,24,25). The van der Waals surface area contributed by atoms with Crippen LogP contribution in [0.3, 0.4) is 0 Å². The molecule has 1 fully saturated rings. The molecule has 2 aromatic carbocycles. The second-order valence-electron chi connectivity index (χ2n) is 6.34. The topological polar surface area (TPSA) is 118 Å². The molecule has 0 aliphatic carbocycles. The van der Waals surface area contributed by atoms with E-state index in [0.717, 1.165) is 17.3 Å². The van der Waals surface area contributed by atoms with E-state index in [9.17, 15) is 24.5 Å². The Balaban J connectivity index is 1.60.